The van der Waals surface area contributed by atoms with Gasteiger partial charge in [0.2, 0.25) is 0 Å². The summed E-state index contributed by atoms with van der Waals surface area (Å²) in [4.78, 5) is 10.1. The van der Waals surface area contributed by atoms with Gasteiger partial charge in [0.15, 0.2) is 0 Å². The molecular weight excluding hydrogens is 341 g/mol. The molecule has 2 aromatic rings. The summed E-state index contributed by atoms with van der Waals surface area (Å²) in [5, 5.41) is 1.22. The van der Waals surface area contributed by atoms with Gasteiger partial charge in [0.05, 0.1) is 25.1 Å². The molecule has 2 aliphatic rings. The fraction of sp³-hybridized carbons (Fsp3) is 0.462. The standard InChI is InChI=1S/C13H14IN3O/c14-12-3-16-13-11(12)1-10(2-15-13)17-4-8-6-18-7-9(8)5-17/h1-3,8-9H,4-7H2,(H,15,16)/t8-,9?/m0/s1. The molecule has 2 fully saturated rings. The highest BCUT2D eigenvalue weighted by Crippen LogP contribution is 2.33. The summed E-state index contributed by atoms with van der Waals surface area (Å²) >= 11 is 2.35. The molecule has 5 heteroatoms. The number of fused-ring (bicyclic) bond motifs is 2. The third kappa shape index (κ3) is 1.64. The summed E-state index contributed by atoms with van der Waals surface area (Å²) in [6.45, 7) is 4.08. The number of anilines is 1. The maximum Gasteiger partial charge on any atom is 0.138 e. The molecule has 94 valence electrons. The van der Waals surface area contributed by atoms with E-state index in [1.165, 1.54) is 14.6 Å². The van der Waals surface area contributed by atoms with Gasteiger partial charge in [-0.05, 0) is 28.7 Å². The second kappa shape index (κ2) is 4.09. The Bertz CT molecular complexity index is 585. The Labute approximate surface area is 119 Å². The van der Waals surface area contributed by atoms with Gasteiger partial charge in [-0.1, -0.05) is 0 Å². The lowest BCUT2D eigenvalue weighted by Gasteiger charge is -2.19. The van der Waals surface area contributed by atoms with E-state index in [-0.39, 0.29) is 0 Å². The lowest BCUT2D eigenvalue weighted by Crippen LogP contribution is -2.22. The van der Waals surface area contributed by atoms with Crippen LogP contribution in [0, 0.1) is 15.4 Å². The maximum absolute atomic E-state index is 5.52. The van der Waals surface area contributed by atoms with Crippen LogP contribution >= 0.6 is 22.6 Å². The molecule has 2 atom stereocenters. The van der Waals surface area contributed by atoms with Gasteiger partial charge in [-0.3, -0.25) is 0 Å². The van der Waals surface area contributed by atoms with Crippen LogP contribution in [-0.2, 0) is 4.74 Å². The molecule has 0 amide bonds. The molecule has 4 nitrogen and oxygen atoms in total. The lowest BCUT2D eigenvalue weighted by molar-refractivity contribution is 0.177. The number of hydrogen-bond donors (Lipinski definition) is 1. The molecule has 0 saturated carbocycles. The summed E-state index contributed by atoms with van der Waals surface area (Å²) in [5.41, 5.74) is 2.22. The minimum Gasteiger partial charge on any atom is -0.381 e. The first-order valence-corrected chi connectivity index (χ1v) is 7.34. The van der Waals surface area contributed by atoms with E-state index in [0.29, 0.717) is 11.8 Å². The number of rotatable bonds is 1. The van der Waals surface area contributed by atoms with Crippen LogP contribution in [0.1, 0.15) is 0 Å². The van der Waals surface area contributed by atoms with E-state index >= 15 is 0 Å². The molecule has 0 aliphatic carbocycles. The van der Waals surface area contributed by atoms with Crippen molar-refractivity contribution in [3.05, 3.63) is 22.0 Å². The van der Waals surface area contributed by atoms with E-state index in [2.05, 4.69) is 43.5 Å². The van der Waals surface area contributed by atoms with Crippen molar-refractivity contribution in [2.45, 2.75) is 0 Å². The lowest BCUT2D eigenvalue weighted by atomic mass is 10.0. The van der Waals surface area contributed by atoms with Crippen molar-refractivity contribution >= 4 is 39.3 Å². The molecule has 0 aromatic carbocycles. The summed E-state index contributed by atoms with van der Waals surface area (Å²) in [6, 6.07) is 2.25. The van der Waals surface area contributed by atoms with Crippen LogP contribution in [0.15, 0.2) is 18.5 Å². The highest BCUT2D eigenvalue weighted by atomic mass is 127. The summed E-state index contributed by atoms with van der Waals surface area (Å²) in [5.74, 6) is 1.43. The van der Waals surface area contributed by atoms with Crippen LogP contribution in [0.25, 0.3) is 11.0 Å². The van der Waals surface area contributed by atoms with E-state index in [0.717, 1.165) is 32.0 Å². The second-order valence-electron chi connectivity index (χ2n) is 5.19. The predicted molar refractivity (Wildman–Crippen MR) is 78.8 cm³/mol. The van der Waals surface area contributed by atoms with E-state index in [1.807, 2.05) is 12.4 Å². The van der Waals surface area contributed by atoms with Crippen molar-refractivity contribution in [3.63, 3.8) is 0 Å². The number of pyridine rings is 1. The first kappa shape index (κ1) is 11.0. The van der Waals surface area contributed by atoms with Crippen LogP contribution in [0.4, 0.5) is 5.69 Å². The second-order valence-corrected chi connectivity index (χ2v) is 6.35. The SMILES string of the molecule is Ic1c[nH]c2ncc(N3CC4COC[C@@H]4C3)cc12. The van der Waals surface area contributed by atoms with Crippen molar-refractivity contribution in [1.29, 1.82) is 0 Å². The van der Waals surface area contributed by atoms with Gasteiger partial charge in [0.25, 0.3) is 0 Å². The molecule has 18 heavy (non-hydrogen) atoms. The third-order valence-corrected chi connectivity index (χ3v) is 4.96. The number of aromatic nitrogens is 2. The van der Waals surface area contributed by atoms with Gasteiger partial charge in [-0.2, -0.15) is 0 Å². The third-order valence-electron chi connectivity index (χ3n) is 4.07. The van der Waals surface area contributed by atoms with Crippen molar-refractivity contribution in [2.75, 3.05) is 31.2 Å². The smallest absolute Gasteiger partial charge is 0.138 e. The Morgan fingerprint density at radius 1 is 1.33 bits per heavy atom. The van der Waals surface area contributed by atoms with Crippen molar-refractivity contribution in [1.82, 2.24) is 9.97 Å². The molecule has 2 saturated heterocycles. The highest BCUT2D eigenvalue weighted by molar-refractivity contribution is 14.1. The number of hydrogen-bond acceptors (Lipinski definition) is 3. The Balaban J connectivity index is 1.68. The maximum atomic E-state index is 5.52. The van der Waals surface area contributed by atoms with Gasteiger partial charge in [0, 0.05) is 40.1 Å². The molecule has 2 aliphatic heterocycles. The van der Waals surface area contributed by atoms with E-state index in [1.54, 1.807) is 0 Å². The van der Waals surface area contributed by atoms with Crippen LogP contribution in [0.5, 0.6) is 0 Å². The number of nitrogens with one attached hydrogen (secondary N) is 1. The molecule has 4 rings (SSSR count). The van der Waals surface area contributed by atoms with Crippen molar-refractivity contribution in [3.8, 4) is 0 Å². The van der Waals surface area contributed by atoms with E-state index < -0.39 is 0 Å². The van der Waals surface area contributed by atoms with Crippen molar-refractivity contribution in [2.24, 2.45) is 11.8 Å². The fourth-order valence-electron chi connectivity index (χ4n) is 3.03. The minimum atomic E-state index is 0.714. The van der Waals surface area contributed by atoms with Crippen molar-refractivity contribution < 1.29 is 4.74 Å². The average molecular weight is 355 g/mol. The Hall–Kier alpha value is -0.820. The van der Waals surface area contributed by atoms with Crippen LogP contribution in [-0.4, -0.2) is 36.3 Å². The highest BCUT2D eigenvalue weighted by Gasteiger charge is 2.37. The van der Waals surface area contributed by atoms with Gasteiger partial charge < -0.3 is 14.6 Å². The molecule has 0 spiro atoms. The van der Waals surface area contributed by atoms with E-state index in [4.69, 9.17) is 4.74 Å². The first-order chi connectivity index (χ1) is 8.81. The zero-order valence-electron chi connectivity index (χ0n) is 9.90. The average Bonchev–Trinajstić information content (AvgIpc) is 3.03. The van der Waals surface area contributed by atoms with Crippen LogP contribution in [0.2, 0.25) is 0 Å². The van der Waals surface area contributed by atoms with Crippen LogP contribution in [0.3, 0.4) is 0 Å². The Morgan fingerprint density at radius 3 is 2.89 bits per heavy atom. The molecular formula is C13H14IN3O. The zero-order chi connectivity index (χ0) is 12.1. The zero-order valence-corrected chi connectivity index (χ0v) is 12.1. The summed E-state index contributed by atoms with van der Waals surface area (Å²) < 4.78 is 6.76. The number of aromatic amines is 1. The minimum absolute atomic E-state index is 0.714. The quantitative estimate of drug-likeness (QED) is 0.798. The topological polar surface area (TPSA) is 41.2 Å². The van der Waals surface area contributed by atoms with Crippen LogP contribution < -0.4 is 4.90 Å². The summed E-state index contributed by atoms with van der Waals surface area (Å²) in [7, 11) is 0. The molecule has 0 radical (unpaired) electrons. The van der Waals surface area contributed by atoms with Gasteiger partial charge in [0.1, 0.15) is 5.65 Å². The number of nitrogens with zero attached hydrogens (tertiary/aromatic N) is 2. The molecule has 1 unspecified atom stereocenters. The molecule has 2 aromatic heterocycles. The van der Waals surface area contributed by atoms with Gasteiger partial charge in [-0.25, -0.2) is 4.98 Å². The predicted octanol–water partition coefficient (Wildman–Crippen LogP) is 2.25. The molecule has 0 bridgehead atoms. The Morgan fingerprint density at radius 2 is 2.11 bits per heavy atom. The monoisotopic (exact) mass is 355 g/mol. The number of halogens is 1. The molecule has 4 heterocycles. The van der Waals surface area contributed by atoms with Gasteiger partial charge >= 0.3 is 0 Å². The summed E-state index contributed by atoms with van der Waals surface area (Å²) in [6.07, 6.45) is 3.99. The normalized spacial score (nSPS) is 27.1. The number of H-pyrrole nitrogens is 1. The molecule has 1 N–H and O–H groups in total. The fourth-order valence-corrected chi connectivity index (χ4v) is 3.60. The van der Waals surface area contributed by atoms with Gasteiger partial charge in [-0.15, -0.1) is 0 Å². The largest absolute Gasteiger partial charge is 0.381 e. The Kier molecular flexibility index (Phi) is 2.51. The van der Waals surface area contributed by atoms with E-state index in [9.17, 15) is 0 Å². The number of ether oxygens (including phenoxy) is 1. The first-order valence-electron chi connectivity index (χ1n) is 6.26.